The van der Waals surface area contributed by atoms with E-state index in [9.17, 15) is 0 Å². The number of fused-ring (bicyclic) bond motifs is 6. The monoisotopic (exact) mass is 847 g/mol. The van der Waals surface area contributed by atoms with Gasteiger partial charge in [-0.25, -0.2) is 15.0 Å². The van der Waals surface area contributed by atoms with Gasteiger partial charge < -0.3 is 9.13 Å². The Labute approximate surface area is 384 Å². The highest BCUT2D eigenvalue weighted by atomic mass is 15.1. The molecular weight excluding hydrogens is 803 g/mol. The molecule has 0 amide bonds. The van der Waals surface area contributed by atoms with Crippen LogP contribution in [0.5, 0.6) is 0 Å². The molecule has 12 aromatic rings. The SMILES string of the molecule is c1ccc(Cc2nc(Cc3ccc(-c4cccc(-c5ccccc5)c4)c(Cn4c5ccccc5c5ccccc54)c3)nc(Cn3c4ccccc4c4cccc(-c5ccccc5)c43)n2)cc1. The topological polar surface area (TPSA) is 48.5 Å². The normalized spacial score (nSPS) is 11.6. The van der Waals surface area contributed by atoms with Crippen molar-refractivity contribution < 1.29 is 0 Å². The summed E-state index contributed by atoms with van der Waals surface area (Å²) in [7, 11) is 0. The summed E-state index contributed by atoms with van der Waals surface area (Å²) in [5, 5.41) is 4.96. The quantitative estimate of drug-likeness (QED) is 0.130. The van der Waals surface area contributed by atoms with E-state index in [2.05, 4.69) is 234 Å². The molecule has 0 spiro atoms. The van der Waals surface area contributed by atoms with Crippen molar-refractivity contribution in [2.45, 2.75) is 25.9 Å². The molecule has 9 aromatic carbocycles. The minimum Gasteiger partial charge on any atom is -0.336 e. The Hall–Kier alpha value is -8.41. The van der Waals surface area contributed by atoms with Crippen LogP contribution in [0.1, 0.15) is 34.2 Å². The second kappa shape index (κ2) is 16.9. The third-order valence-corrected chi connectivity index (χ3v) is 13.0. The average molecular weight is 848 g/mol. The van der Waals surface area contributed by atoms with Crippen LogP contribution in [0.25, 0.3) is 77.0 Å². The van der Waals surface area contributed by atoms with Crippen LogP contribution in [0.3, 0.4) is 0 Å². The molecule has 5 nitrogen and oxygen atoms in total. The van der Waals surface area contributed by atoms with Gasteiger partial charge in [0.1, 0.15) is 11.6 Å². The van der Waals surface area contributed by atoms with Crippen molar-refractivity contribution in [2.24, 2.45) is 0 Å². The third-order valence-electron chi connectivity index (χ3n) is 13.0. The van der Waals surface area contributed by atoms with Crippen molar-refractivity contribution in [3.05, 3.63) is 259 Å². The summed E-state index contributed by atoms with van der Waals surface area (Å²) in [6, 6.07) is 80.6. The molecule has 0 unspecified atom stereocenters. The van der Waals surface area contributed by atoms with Crippen LogP contribution in [0, 0.1) is 0 Å². The zero-order chi connectivity index (χ0) is 43.8. The van der Waals surface area contributed by atoms with Crippen molar-refractivity contribution in [1.82, 2.24) is 24.1 Å². The highest BCUT2D eigenvalue weighted by molar-refractivity contribution is 6.13. The van der Waals surface area contributed by atoms with E-state index in [4.69, 9.17) is 15.0 Å². The van der Waals surface area contributed by atoms with Gasteiger partial charge in [0.25, 0.3) is 0 Å². The molecule has 0 saturated carbocycles. The predicted octanol–water partition coefficient (Wildman–Crippen LogP) is 14.4. The summed E-state index contributed by atoms with van der Waals surface area (Å²) in [6.07, 6.45) is 1.17. The van der Waals surface area contributed by atoms with Crippen molar-refractivity contribution in [2.75, 3.05) is 0 Å². The fraction of sp³-hybridized carbons (Fsp3) is 0.0656. The van der Waals surface area contributed by atoms with Crippen LogP contribution < -0.4 is 0 Å². The van der Waals surface area contributed by atoms with Gasteiger partial charge in [0.05, 0.1) is 12.1 Å². The first-order valence-electron chi connectivity index (χ1n) is 22.8. The smallest absolute Gasteiger partial charge is 0.152 e. The lowest BCUT2D eigenvalue weighted by atomic mass is 9.93. The van der Waals surface area contributed by atoms with Crippen LogP contribution in [-0.4, -0.2) is 24.1 Å². The molecule has 0 aliphatic rings. The molecule has 314 valence electrons. The van der Waals surface area contributed by atoms with E-state index < -0.39 is 0 Å². The number of nitrogens with zero attached hydrogens (tertiary/aromatic N) is 5. The molecule has 0 bridgehead atoms. The summed E-state index contributed by atoms with van der Waals surface area (Å²) in [6.45, 7) is 1.20. The number of rotatable bonds is 11. The van der Waals surface area contributed by atoms with Crippen LogP contribution >= 0.6 is 0 Å². The van der Waals surface area contributed by atoms with Gasteiger partial charge in [0.2, 0.25) is 0 Å². The Morgan fingerprint density at radius 3 is 1.48 bits per heavy atom. The molecule has 3 heterocycles. The summed E-state index contributed by atoms with van der Waals surface area (Å²) in [5.74, 6) is 2.28. The zero-order valence-corrected chi connectivity index (χ0v) is 36.4. The van der Waals surface area contributed by atoms with Crippen molar-refractivity contribution >= 4 is 43.6 Å². The van der Waals surface area contributed by atoms with Gasteiger partial charge >= 0.3 is 0 Å². The van der Waals surface area contributed by atoms with Gasteiger partial charge in [-0.15, -0.1) is 0 Å². The number of hydrogen-bond acceptors (Lipinski definition) is 3. The Balaban J connectivity index is 0.985. The number of aromatic nitrogens is 5. The Bertz CT molecular complexity index is 3650. The first-order valence-corrected chi connectivity index (χ1v) is 22.8. The Morgan fingerprint density at radius 2 is 0.803 bits per heavy atom. The minimum atomic E-state index is 0.501. The maximum absolute atomic E-state index is 5.33. The molecule has 0 radical (unpaired) electrons. The van der Waals surface area contributed by atoms with E-state index >= 15 is 0 Å². The maximum Gasteiger partial charge on any atom is 0.152 e. The van der Waals surface area contributed by atoms with E-state index in [1.54, 1.807) is 0 Å². The zero-order valence-electron chi connectivity index (χ0n) is 36.4. The number of para-hydroxylation sites is 4. The van der Waals surface area contributed by atoms with Crippen LogP contribution in [-0.2, 0) is 25.9 Å². The highest BCUT2D eigenvalue weighted by Gasteiger charge is 2.19. The average Bonchev–Trinajstić information content (AvgIpc) is 3.87. The first kappa shape index (κ1) is 39.2. The van der Waals surface area contributed by atoms with E-state index in [1.807, 2.05) is 0 Å². The van der Waals surface area contributed by atoms with E-state index in [-0.39, 0.29) is 0 Å². The van der Waals surface area contributed by atoms with Crippen molar-refractivity contribution in [1.29, 1.82) is 0 Å². The highest BCUT2D eigenvalue weighted by Crippen LogP contribution is 2.37. The predicted molar refractivity (Wildman–Crippen MR) is 272 cm³/mol. The van der Waals surface area contributed by atoms with Crippen molar-refractivity contribution in [3.63, 3.8) is 0 Å². The fourth-order valence-corrected chi connectivity index (χ4v) is 9.99. The van der Waals surface area contributed by atoms with Gasteiger partial charge in [-0.05, 0) is 68.8 Å². The summed E-state index contributed by atoms with van der Waals surface area (Å²) in [4.78, 5) is 15.8. The van der Waals surface area contributed by atoms with E-state index in [0.29, 0.717) is 25.9 Å². The second-order valence-corrected chi connectivity index (χ2v) is 17.2. The minimum absolute atomic E-state index is 0.501. The molecule has 5 heteroatoms. The largest absolute Gasteiger partial charge is 0.336 e. The molecule has 0 atom stereocenters. The van der Waals surface area contributed by atoms with Gasteiger partial charge in [-0.2, -0.15) is 0 Å². The molecule has 0 N–H and O–H groups in total. The van der Waals surface area contributed by atoms with Crippen LogP contribution in [0.15, 0.2) is 224 Å². The molecule has 0 aliphatic carbocycles. The molecule has 0 aliphatic heterocycles. The maximum atomic E-state index is 5.33. The summed E-state index contributed by atoms with van der Waals surface area (Å²) < 4.78 is 4.88. The first-order chi connectivity index (χ1) is 32.7. The fourth-order valence-electron chi connectivity index (χ4n) is 9.99. The molecular formula is C61H45N5. The lowest BCUT2D eigenvalue weighted by molar-refractivity contribution is 0.732. The molecule has 12 rings (SSSR count). The Morgan fingerprint density at radius 1 is 0.303 bits per heavy atom. The number of benzene rings is 9. The van der Waals surface area contributed by atoms with Gasteiger partial charge in [-0.3, -0.25) is 0 Å². The van der Waals surface area contributed by atoms with Crippen LogP contribution in [0.4, 0.5) is 0 Å². The lowest BCUT2D eigenvalue weighted by Gasteiger charge is -2.16. The molecule has 3 aromatic heterocycles. The molecule has 0 fully saturated rings. The lowest BCUT2D eigenvalue weighted by Crippen LogP contribution is -2.12. The van der Waals surface area contributed by atoms with Crippen LogP contribution in [0.2, 0.25) is 0 Å². The van der Waals surface area contributed by atoms with Gasteiger partial charge in [-0.1, -0.05) is 200 Å². The second-order valence-electron chi connectivity index (χ2n) is 17.2. The van der Waals surface area contributed by atoms with E-state index in [1.165, 1.54) is 82.6 Å². The molecule has 66 heavy (non-hydrogen) atoms. The third kappa shape index (κ3) is 7.40. The summed E-state index contributed by atoms with van der Waals surface area (Å²) in [5.41, 5.74) is 15.5. The van der Waals surface area contributed by atoms with Gasteiger partial charge in [0, 0.05) is 63.0 Å². The number of hydrogen-bond donors (Lipinski definition) is 0. The summed E-state index contributed by atoms with van der Waals surface area (Å²) >= 11 is 0. The Kier molecular flexibility index (Phi) is 10.1. The van der Waals surface area contributed by atoms with E-state index in [0.717, 1.165) is 28.6 Å². The standard InChI is InChI=1S/C61H45N5/c1-4-18-42(19-5-1)37-58-62-59(64-60(63-58)41-66-57-33-15-12-28-53(57)54-30-17-29-50(61(54)66)45-22-8-3-9-23-45)38-43-34-35-49(47-25-16-24-46(39-47)44-20-6-2-7-21-44)48(36-43)40-65-55-31-13-10-26-51(55)52-27-11-14-32-56(52)65/h1-36,39H,37-38,40-41H2. The molecule has 0 saturated heterocycles. The van der Waals surface area contributed by atoms with Gasteiger partial charge in [0.15, 0.2) is 5.82 Å². The van der Waals surface area contributed by atoms with Crippen molar-refractivity contribution in [3.8, 4) is 33.4 Å².